The zero-order chi connectivity index (χ0) is 5.98. The Balaban J connectivity index is 2.11. The van der Waals surface area contributed by atoms with Crippen LogP contribution in [0.1, 0.15) is 0 Å². The number of nitrogens with zero attached hydrogens (tertiary/aromatic N) is 1. The van der Waals surface area contributed by atoms with E-state index in [4.69, 9.17) is 4.74 Å². The molecule has 0 radical (unpaired) electrons. The molecule has 3 nitrogen and oxygen atoms in total. The third-order valence-corrected chi connectivity index (χ3v) is 1.36. The molecule has 0 aromatic rings. The van der Waals surface area contributed by atoms with Gasteiger partial charge in [-0.1, -0.05) is 0 Å². The zero-order valence-electron chi connectivity index (χ0n) is 4.83. The predicted molar refractivity (Wildman–Crippen MR) is 28.4 cm³/mol. The summed E-state index contributed by atoms with van der Waals surface area (Å²) >= 11 is 0. The van der Waals surface area contributed by atoms with Crippen LogP contribution in [0.2, 0.25) is 0 Å². The number of amides is 1. The Morgan fingerprint density at radius 2 is 2.38 bits per heavy atom. The summed E-state index contributed by atoms with van der Waals surface area (Å²) in [5, 5.41) is 0. The molecule has 1 heterocycles. The van der Waals surface area contributed by atoms with E-state index in [0.29, 0.717) is 6.10 Å². The normalized spacial score (nSPS) is 20.4. The van der Waals surface area contributed by atoms with Crippen molar-refractivity contribution in [1.29, 1.82) is 0 Å². The van der Waals surface area contributed by atoms with Crippen molar-refractivity contribution >= 4 is 6.41 Å². The fraction of sp³-hybridized carbons (Fsp3) is 0.800. The zero-order valence-corrected chi connectivity index (χ0v) is 4.83. The van der Waals surface area contributed by atoms with E-state index in [1.54, 1.807) is 12.0 Å². The van der Waals surface area contributed by atoms with Gasteiger partial charge in [-0.15, -0.1) is 0 Å². The Kier molecular flexibility index (Phi) is 1.48. The summed E-state index contributed by atoms with van der Waals surface area (Å²) in [6, 6.07) is 0. The molecule has 1 aliphatic rings. The van der Waals surface area contributed by atoms with Gasteiger partial charge in [-0.3, -0.25) is 4.79 Å². The van der Waals surface area contributed by atoms with Crippen molar-refractivity contribution in [3.63, 3.8) is 0 Å². The Labute approximate surface area is 48.2 Å². The van der Waals surface area contributed by atoms with Gasteiger partial charge in [0.15, 0.2) is 0 Å². The quantitative estimate of drug-likeness (QED) is 0.453. The maximum absolute atomic E-state index is 9.92. The van der Waals surface area contributed by atoms with E-state index in [-0.39, 0.29) is 0 Å². The van der Waals surface area contributed by atoms with Gasteiger partial charge in [0.1, 0.15) is 0 Å². The van der Waals surface area contributed by atoms with E-state index in [1.807, 2.05) is 0 Å². The molecule has 0 bridgehead atoms. The van der Waals surface area contributed by atoms with Crippen LogP contribution in [-0.4, -0.2) is 37.6 Å². The van der Waals surface area contributed by atoms with Crippen molar-refractivity contribution in [1.82, 2.24) is 4.90 Å². The third kappa shape index (κ3) is 0.816. The van der Waals surface area contributed by atoms with Crippen LogP contribution in [0.3, 0.4) is 0 Å². The molecule has 46 valence electrons. The maximum atomic E-state index is 9.92. The van der Waals surface area contributed by atoms with E-state index < -0.39 is 0 Å². The lowest BCUT2D eigenvalue weighted by Gasteiger charge is -2.34. The lowest BCUT2D eigenvalue weighted by Crippen LogP contribution is -2.50. The topological polar surface area (TPSA) is 29.5 Å². The van der Waals surface area contributed by atoms with Crippen LogP contribution in [-0.2, 0) is 9.53 Å². The average molecular weight is 115 g/mol. The highest BCUT2D eigenvalue weighted by Gasteiger charge is 2.23. The summed E-state index contributed by atoms with van der Waals surface area (Å²) < 4.78 is 4.92. The number of ether oxygens (including phenoxy) is 1. The molecule has 0 aliphatic carbocycles. The SMILES string of the molecule is COC1CN(C=O)C1. The number of hydrogen-bond donors (Lipinski definition) is 0. The van der Waals surface area contributed by atoms with Crippen LogP contribution in [0.15, 0.2) is 0 Å². The standard InChI is InChI=1S/C5H9NO2/c1-8-5-2-6(3-5)4-7/h4-5H,2-3H2,1H3. The minimum absolute atomic E-state index is 0.292. The summed E-state index contributed by atoms with van der Waals surface area (Å²) in [5.74, 6) is 0. The lowest BCUT2D eigenvalue weighted by atomic mass is 10.2. The molecule has 1 saturated heterocycles. The van der Waals surface area contributed by atoms with Gasteiger partial charge in [0.25, 0.3) is 0 Å². The first-order valence-corrected chi connectivity index (χ1v) is 2.59. The van der Waals surface area contributed by atoms with Gasteiger partial charge in [0, 0.05) is 20.2 Å². The second kappa shape index (κ2) is 2.13. The first-order chi connectivity index (χ1) is 3.86. The number of hydrogen-bond acceptors (Lipinski definition) is 2. The van der Waals surface area contributed by atoms with Gasteiger partial charge in [-0.05, 0) is 0 Å². The van der Waals surface area contributed by atoms with Crippen molar-refractivity contribution < 1.29 is 9.53 Å². The van der Waals surface area contributed by atoms with Crippen molar-refractivity contribution in [2.75, 3.05) is 20.2 Å². The summed E-state index contributed by atoms with van der Waals surface area (Å²) in [4.78, 5) is 11.6. The molecule has 0 N–H and O–H groups in total. The van der Waals surface area contributed by atoms with Crippen LogP contribution in [0.25, 0.3) is 0 Å². The molecule has 3 heteroatoms. The lowest BCUT2D eigenvalue weighted by molar-refractivity contribution is -0.129. The van der Waals surface area contributed by atoms with E-state index in [9.17, 15) is 4.79 Å². The van der Waals surface area contributed by atoms with Crippen molar-refractivity contribution in [2.24, 2.45) is 0 Å². The molecular weight excluding hydrogens is 106 g/mol. The highest BCUT2D eigenvalue weighted by molar-refractivity contribution is 5.48. The molecule has 0 saturated carbocycles. The predicted octanol–water partition coefficient (Wildman–Crippen LogP) is -0.527. The largest absolute Gasteiger partial charge is 0.378 e. The Bertz CT molecular complexity index is 88.4. The highest BCUT2D eigenvalue weighted by atomic mass is 16.5. The van der Waals surface area contributed by atoms with Crippen molar-refractivity contribution in [3.8, 4) is 0 Å². The first-order valence-electron chi connectivity index (χ1n) is 2.59. The highest BCUT2D eigenvalue weighted by Crippen LogP contribution is 2.06. The summed E-state index contributed by atoms with van der Waals surface area (Å²) in [6.45, 7) is 1.53. The van der Waals surface area contributed by atoms with Crippen molar-refractivity contribution in [2.45, 2.75) is 6.10 Å². The minimum Gasteiger partial charge on any atom is -0.378 e. The maximum Gasteiger partial charge on any atom is 0.209 e. The van der Waals surface area contributed by atoms with Gasteiger partial charge in [-0.25, -0.2) is 0 Å². The number of likely N-dealkylation sites (tertiary alicyclic amines) is 1. The van der Waals surface area contributed by atoms with Crippen LogP contribution < -0.4 is 0 Å². The Morgan fingerprint density at radius 1 is 1.75 bits per heavy atom. The second-order valence-corrected chi connectivity index (χ2v) is 1.92. The van der Waals surface area contributed by atoms with E-state index in [1.165, 1.54) is 0 Å². The number of rotatable bonds is 2. The molecule has 1 rings (SSSR count). The fourth-order valence-electron chi connectivity index (χ4n) is 0.705. The number of carbonyl (C=O) groups excluding carboxylic acids is 1. The molecule has 1 fully saturated rings. The molecule has 8 heavy (non-hydrogen) atoms. The Hall–Kier alpha value is -0.570. The molecule has 1 aliphatic heterocycles. The summed E-state index contributed by atoms with van der Waals surface area (Å²) in [5.41, 5.74) is 0. The molecule has 0 spiro atoms. The Morgan fingerprint density at radius 3 is 2.75 bits per heavy atom. The van der Waals surface area contributed by atoms with Crippen molar-refractivity contribution in [3.05, 3.63) is 0 Å². The molecule has 0 aromatic heterocycles. The van der Waals surface area contributed by atoms with Gasteiger partial charge in [-0.2, -0.15) is 0 Å². The summed E-state index contributed by atoms with van der Waals surface area (Å²) in [6.07, 6.45) is 1.13. The smallest absolute Gasteiger partial charge is 0.209 e. The minimum atomic E-state index is 0.292. The average Bonchev–Trinajstić information content (AvgIpc) is 1.65. The molecule has 0 unspecified atom stereocenters. The van der Waals surface area contributed by atoms with Crippen LogP contribution in [0, 0.1) is 0 Å². The molecule has 1 amide bonds. The first kappa shape index (κ1) is 5.56. The number of methoxy groups -OCH3 is 1. The third-order valence-electron chi connectivity index (χ3n) is 1.36. The van der Waals surface area contributed by atoms with E-state index >= 15 is 0 Å². The fourth-order valence-corrected chi connectivity index (χ4v) is 0.705. The van der Waals surface area contributed by atoms with Gasteiger partial charge >= 0.3 is 0 Å². The van der Waals surface area contributed by atoms with Gasteiger partial charge in [0.2, 0.25) is 6.41 Å². The van der Waals surface area contributed by atoms with E-state index in [2.05, 4.69) is 0 Å². The monoisotopic (exact) mass is 115 g/mol. The van der Waals surface area contributed by atoms with Gasteiger partial charge in [0.05, 0.1) is 6.10 Å². The van der Waals surface area contributed by atoms with Crippen LogP contribution in [0.5, 0.6) is 0 Å². The van der Waals surface area contributed by atoms with Crippen LogP contribution in [0.4, 0.5) is 0 Å². The summed E-state index contributed by atoms with van der Waals surface area (Å²) in [7, 11) is 1.66. The molecular formula is C5H9NO2. The number of carbonyl (C=O) groups is 1. The molecule has 0 atom stereocenters. The van der Waals surface area contributed by atoms with Gasteiger partial charge < -0.3 is 9.64 Å². The van der Waals surface area contributed by atoms with E-state index in [0.717, 1.165) is 19.5 Å². The second-order valence-electron chi connectivity index (χ2n) is 1.92. The molecule has 0 aromatic carbocycles. The van der Waals surface area contributed by atoms with Crippen LogP contribution >= 0.6 is 0 Å².